The summed E-state index contributed by atoms with van der Waals surface area (Å²) in [7, 11) is 0. The number of aromatic nitrogens is 2. The number of nitrogens with zero attached hydrogens (tertiary/aromatic N) is 4. The van der Waals surface area contributed by atoms with E-state index in [1.165, 1.54) is 24.8 Å². The van der Waals surface area contributed by atoms with Gasteiger partial charge in [-0.25, -0.2) is 9.97 Å². The molecule has 1 unspecified atom stereocenters. The van der Waals surface area contributed by atoms with E-state index in [1.807, 2.05) is 23.1 Å². The molecule has 2 aliphatic rings. The first-order chi connectivity index (χ1) is 12.3. The Morgan fingerprint density at radius 1 is 1.16 bits per heavy atom. The van der Waals surface area contributed by atoms with Crippen LogP contribution in [0.1, 0.15) is 48.7 Å². The van der Waals surface area contributed by atoms with E-state index in [0.29, 0.717) is 18.3 Å². The minimum atomic E-state index is -0.0605. The van der Waals surface area contributed by atoms with Crippen LogP contribution in [0, 0.1) is 0 Å². The summed E-state index contributed by atoms with van der Waals surface area (Å²) in [5, 5.41) is 0. The van der Waals surface area contributed by atoms with E-state index in [9.17, 15) is 4.79 Å². The lowest BCUT2D eigenvalue weighted by molar-refractivity contribution is 0.0984. The molecule has 0 aliphatic carbocycles. The highest BCUT2D eigenvalue weighted by Gasteiger charge is 2.27. The zero-order valence-electron chi connectivity index (χ0n) is 14.7. The van der Waals surface area contributed by atoms with Gasteiger partial charge in [-0.2, -0.15) is 0 Å². The normalized spacial score (nSPS) is 19.8. The van der Waals surface area contributed by atoms with Crippen LogP contribution in [0.4, 0.5) is 11.5 Å². The monoisotopic (exact) mass is 336 g/mol. The van der Waals surface area contributed by atoms with Gasteiger partial charge >= 0.3 is 0 Å². The van der Waals surface area contributed by atoms with Gasteiger partial charge in [0.25, 0.3) is 5.91 Å². The molecule has 5 nitrogen and oxygen atoms in total. The highest BCUT2D eigenvalue weighted by molar-refractivity contribution is 6.05. The van der Waals surface area contributed by atoms with Crippen molar-refractivity contribution in [3.63, 3.8) is 0 Å². The number of hydrogen-bond donors (Lipinski definition) is 0. The average Bonchev–Trinajstić information content (AvgIpc) is 3.11. The molecule has 3 heterocycles. The lowest BCUT2D eigenvalue weighted by Gasteiger charge is -2.36. The zero-order chi connectivity index (χ0) is 17.2. The minimum absolute atomic E-state index is 0.0605. The highest BCUT2D eigenvalue weighted by atomic mass is 16.2. The summed E-state index contributed by atoms with van der Waals surface area (Å²) in [6.45, 7) is 3.96. The standard InChI is InChI=1S/C20H24N4O/c1-2-16-8-5-6-11-23(16)19-14-21-17(13-22-19)20(25)24-12-10-15-7-3-4-9-18(15)24/h3-4,7,9,13-14,16H,2,5-6,8,10-12H2,1H3. The summed E-state index contributed by atoms with van der Waals surface area (Å²) in [4.78, 5) is 26.0. The van der Waals surface area contributed by atoms with Gasteiger partial charge in [0.15, 0.2) is 0 Å². The SMILES string of the molecule is CCC1CCCCN1c1cnc(C(=O)N2CCc3ccccc32)cn1. The Hall–Kier alpha value is -2.43. The molecule has 4 rings (SSSR count). The second-order valence-electron chi connectivity index (χ2n) is 6.85. The Balaban J connectivity index is 1.53. The summed E-state index contributed by atoms with van der Waals surface area (Å²) >= 11 is 0. The predicted octanol–water partition coefficient (Wildman–Crippen LogP) is 3.45. The fourth-order valence-corrected chi connectivity index (χ4v) is 3.99. The first-order valence-corrected chi connectivity index (χ1v) is 9.26. The van der Waals surface area contributed by atoms with E-state index < -0.39 is 0 Å². The summed E-state index contributed by atoms with van der Waals surface area (Å²) < 4.78 is 0. The molecule has 0 radical (unpaired) electrons. The summed E-state index contributed by atoms with van der Waals surface area (Å²) in [6, 6.07) is 8.61. The van der Waals surface area contributed by atoms with Crippen molar-refractivity contribution in [1.29, 1.82) is 0 Å². The zero-order valence-corrected chi connectivity index (χ0v) is 14.7. The maximum Gasteiger partial charge on any atom is 0.278 e. The van der Waals surface area contributed by atoms with Crippen molar-refractivity contribution in [2.45, 2.75) is 45.1 Å². The Labute approximate surface area is 148 Å². The van der Waals surface area contributed by atoms with Crippen molar-refractivity contribution in [3.05, 3.63) is 47.9 Å². The molecule has 1 atom stereocenters. The molecule has 130 valence electrons. The fraction of sp³-hybridized carbons (Fsp3) is 0.450. The molecule has 1 saturated heterocycles. The third-order valence-corrected chi connectivity index (χ3v) is 5.38. The summed E-state index contributed by atoms with van der Waals surface area (Å²) in [5.74, 6) is 0.833. The Morgan fingerprint density at radius 3 is 2.84 bits per heavy atom. The predicted molar refractivity (Wildman–Crippen MR) is 99.1 cm³/mol. The van der Waals surface area contributed by atoms with E-state index in [4.69, 9.17) is 0 Å². The summed E-state index contributed by atoms with van der Waals surface area (Å²) in [5.41, 5.74) is 2.64. The second-order valence-corrected chi connectivity index (χ2v) is 6.85. The first-order valence-electron chi connectivity index (χ1n) is 9.26. The second kappa shape index (κ2) is 6.82. The van der Waals surface area contributed by atoms with Gasteiger partial charge < -0.3 is 9.80 Å². The molecule has 0 saturated carbocycles. The van der Waals surface area contributed by atoms with Crippen molar-refractivity contribution in [2.75, 3.05) is 22.9 Å². The number of para-hydroxylation sites is 1. The largest absolute Gasteiger partial charge is 0.352 e. The molecular formula is C20H24N4O. The van der Waals surface area contributed by atoms with Gasteiger partial charge in [0.2, 0.25) is 0 Å². The van der Waals surface area contributed by atoms with E-state index in [1.54, 1.807) is 12.4 Å². The smallest absolute Gasteiger partial charge is 0.278 e. The number of carbonyl (C=O) groups is 1. The first kappa shape index (κ1) is 16.1. The van der Waals surface area contributed by atoms with Gasteiger partial charge in [-0.15, -0.1) is 0 Å². The van der Waals surface area contributed by atoms with Crippen molar-refractivity contribution in [1.82, 2.24) is 9.97 Å². The van der Waals surface area contributed by atoms with E-state index in [2.05, 4.69) is 27.9 Å². The van der Waals surface area contributed by atoms with Crippen molar-refractivity contribution >= 4 is 17.4 Å². The molecule has 25 heavy (non-hydrogen) atoms. The fourth-order valence-electron chi connectivity index (χ4n) is 3.99. The Bertz CT molecular complexity index is 759. The topological polar surface area (TPSA) is 49.3 Å². The lowest BCUT2D eigenvalue weighted by Crippen LogP contribution is -2.39. The number of rotatable bonds is 3. The summed E-state index contributed by atoms with van der Waals surface area (Å²) in [6.07, 6.45) is 9.12. The Morgan fingerprint density at radius 2 is 2.04 bits per heavy atom. The van der Waals surface area contributed by atoms with E-state index in [0.717, 1.165) is 30.9 Å². The number of amides is 1. The third-order valence-electron chi connectivity index (χ3n) is 5.38. The van der Waals surface area contributed by atoms with Gasteiger partial charge in [-0.1, -0.05) is 25.1 Å². The molecule has 0 N–H and O–H groups in total. The molecule has 1 aromatic carbocycles. The molecule has 1 amide bonds. The molecule has 0 bridgehead atoms. The van der Waals surface area contributed by atoms with Crippen LogP contribution in [-0.2, 0) is 6.42 Å². The van der Waals surface area contributed by atoms with Crippen LogP contribution in [0.2, 0.25) is 0 Å². The van der Waals surface area contributed by atoms with Gasteiger partial charge in [-0.05, 0) is 43.7 Å². The molecule has 1 aromatic heterocycles. The van der Waals surface area contributed by atoms with Crippen LogP contribution in [0.25, 0.3) is 0 Å². The van der Waals surface area contributed by atoms with Gasteiger partial charge in [-0.3, -0.25) is 4.79 Å². The minimum Gasteiger partial charge on any atom is -0.352 e. The molecule has 2 aliphatic heterocycles. The number of carbonyl (C=O) groups excluding carboxylic acids is 1. The van der Waals surface area contributed by atoms with Crippen LogP contribution in [0.5, 0.6) is 0 Å². The number of anilines is 2. The van der Waals surface area contributed by atoms with Crippen molar-refractivity contribution in [3.8, 4) is 0 Å². The maximum atomic E-state index is 12.8. The van der Waals surface area contributed by atoms with Crippen molar-refractivity contribution in [2.24, 2.45) is 0 Å². The van der Waals surface area contributed by atoms with E-state index in [-0.39, 0.29) is 5.91 Å². The van der Waals surface area contributed by atoms with Gasteiger partial charge in [0.1, 0.15) is 11.5 Å². The lowest BCUT2D eigenvalue weighted by atomic mass is 10.0. The molecule has 0 spiro atoms. The van der Waals surface area contributed by atoms with Crippen LogP contribution in [0.15, 0.2) is 36.7 Å². The van der Waals surface area contributed by atoms with Crippen LogP contribution < -0.4 is 9.80 Å². The van der Waals surface area contributed by atoms with Crippen LogP contribution >= 0.6 is 0 Å². The Kier molecular flexibility index (Phi) is 4.38. The van der Waals surface area contributed by atoms with Gasteiger partial charge in [0, 0.05) is 24.8 Å². The molecule has 5 heteroatoms. The van der Waals surface area contributed by atoms with Crippen LogP contribution in [-0.4, -0.2) is 35.0 Å². The van der Waals surface area contributed by atoms with Gasteiger partial charge in [0.05, 0.1) is 12.4 Å². The van der Waals surface area contributed by atoms with E-state index >= 15 is 0 Å². The molecule has 1 fully saturated rings. The van der Waals surface area contributed by atoms with Crippen molar-refractivity contribution < 1.29 is 4.79 Å². The highest BCUT2D eigenvalue weighted by Crippen LogP contribution is 2.29. The van der Waals surface area contributed by atoms with Crippen LogP contribution in [0.3, 0.4) is 0 Å². The molecule has 2 aromatic rings. The third kappa shape index (κ3) is 2.99. The number of piperidine rings is 1. The quantitative estimate of drug-likeness (QED) is 0.861. The maximum absolute atomic E-state index is 12.8. The number of hydrogen-bond acceptors (Lipinski definition) is 4. The number of fused-ring (bicyclic) bond motifs is 1. The average molecular weight is 336 g/mol. The molecular weight excluding hydrogens is 312 g/mol. The number of benzene rings is 1.